The molecule has 0 bridgehead atoms. The Hall–Kier alpha value is -0.0900. The predicted octanol–water partition coefficient (Wildman–Crippen LogP) is -0.197. The van der Waals surface area contributed by atoms with E-state index in [-0.39, 0.29) is 18.3 Å². The van der Waals surface area contributed by atoms with Gasteiger partial charge < -0.3 is 5.11 Å². The minimum Gasteiger partial charge on any atom is -0.396 e. The van der Waals surface area contributed by atoms with E-state index in [9.17, 15) is 8.42 Å². The maximum Gasteiger partial charge on any atom is 0.150 e. The number of hydrogen-bond acceptors (Lipinski definition) is 3. The Morgan fingerprint density at radius 3 is 2.60 bits per heavy atom. The van der Waals surface area contributed by atoms with Crippen LogP contribution in [-0.4, -0.2) is 31.6 Å². The lowest BCUT2D eigenvalue weighted by molar-refractivity contribution is 0.228. The van der Waals surface area contributed by atoms with Crippen molar-refractivity contribution in [1.82, 2.24) is 0 Å². The largest absolute Gasteiger partial charge is 0.396 e. The highest BCUT2D eigenvalue weighted by molar-refractivity contribution is 7.91. The Morgan fingerprint density at radius 1 is 1.50 bits per heavy atom. The smallest absolute Gasteiger partial charge is 0.150 e. The van der Waals surface area contributed by atoms with Gasteiger partial charge in [-0.2, -0.15) is 0 Å². The number of aliphatic hydroxyl groups excluding tert-OH is 1. The van der Waals surface area contributed by atoms with E-state index >= 15 is 0 Å². The third-order valence-corrected chi connectivity index (χ3v) is 3.71. The third-order valence-electron chi connectivity index (χ3n) is 1.82. The maximum absolute atomic E-state index is 10.9. The highest BCUT2D eigenvalue weighted by atomic mass is 32.2. The van der Waals surface area contributed by atoms with Crippen LogP contribution >= 0.6 is 0 Å². The topological polar surface area (TPSA) is 54.4 Å². The van der Waals surface area contributed by atoms with E-state index in [0.29, 0.717) is 12.2 Å². The highest BCUT2D eigenvalue weighted by Crippen LogP contribution is 2.16. The Labute approximate surface area is 61.0 Å². The SMILES string of the molecule is O=S1(=O)CCC[C@@H](CO)C1. The van der Waals surface area contributed by atoms with Crippen LogP contribution in [-0.2, 0) is 9.84 Å². The molecule has 1 aliphatic rings. The molecule has 1 aliphatic heterocycles. The number of rotatable bonds is 1. The number of hydrogen-bond donors (Lipinski definition) is 1. The minimum atomic E-state index is -2.80. The Morgan fingerprint density at radius 2 is 2.20 bits per heavy atom. The first-order chi connectivity index (χ1) is 4.64. The summed E-state index contributed by atoms with van der Waals surface area (Å²) in [6.45, 7) is 0.0131. The monoisotopic (exact) mass is 164 g/mol. The molecule has 60 valence electrons. The van der Waals surface area contributed by atoms with Gasteiger partial charge in [0.05, 0.1) is 11.5 Å². The van der Waals surface area contributed by atoms with Crippen molar-refractivity contribution in [2.75, 3.05) is 18.1 Å². The fraction of sp³-hybridized carbons (Fsp3) is 1.00. The average Bonchev–Trinajstić information content (AvgIpc) is 1.86. The number of aliphatic hydroxyl groups is 1. The summed E-state index contributed by atoms with van der Waals surface area (Å²) in [6.07, 6.45) is 1.57. The molecule has 0 saturated carbocycles. The quantitative estimate of drug-likeness (QED) is 0.584. The standard InChI is InChI=1S/C6H12O3S/c7-4-6-2-1-3-10(8,9)5-6/h6-7H,1-5H2/t6-/m0/s1. The molecular weight excluding hydrogens is 152 g/mol. The molecule has 0 unspecified atom stereocenters. The van der Waals surface area contributed by atoms with Gasteiger partial charge in [0.15, 0.2) is 9.84 Å². The molecule has 1 heterocycles. The van der Waals surface area contributed by atoms with Crippen LogP contribution in [0.15, 0.2) is 0 Å². The first kappa shape index (κ1) is 8.01. The van der Waals surface area contributed by atoms with Crippen LogP contribution in [0.3, 0.4) is 0 Å². The summed E-state index contributed by atoms with van der Waals surface area (Å²) in [5, 5.41) is 8.66. The van der Waals surface area contributed by atoms with Crippen LogP contribution in [0.2, 0.25) is 0 Å². The molecular formula is C6H12O3S. The summed E-state index contributed by atoms with van der Waals surface area (Å²) in [7, 11) is -2.80. The zero-order valence-electron chi connectivity index (χ0n) is 5.78. The van der Waals surface area contributed by atoms with Crippen LogP contribution in [0.4, 0.5) is 0 Å². The van der Waals surface area contributed by atoms with Crippen LogP contribution in [0.25, 0.3) is 0 Å². The normalized spacial score (nSPS) is 31.9. The molecule has 0 radical (unpaired) electrons. The molecule has 1 rings (SSSR count). The van der Waals surface area contributed by atoms with E-state index in [2.05, 4.69) is 0 Å². The van der Waals surface area contributed by atoms with Gasteiger partial charge in [0.2, 0.25) is 0 Å². The predicted molar refractivity (Wildman–Crippen MR) is 38.5 cm³/mol. The molecule has 3 nitrogen and oxygen atoms in total. The van der Waals surface area contributed by atoms with Gasteiger partial charge in [0.25, 0.3) is 0 Å². The van der Waals surface area contributed by atoms with Gasteiger partial charge in [-0.25, -0.2) is 8.42 Å². The van der Waals surface area contributed by atoms with E-state index in [1.165, 1.54) is 0 Å². The molecule has 0 aromatic rings. The van der Waals surface area contributed by atoms with Crippen LogP contribution in [0.5, 0.6) is 0 Å². The summed E-state index contributed by atoms with van der Waals surface area (Å²) in [5.41, 5.74) is 0. The van der Waals surface area contributed by atoms with Crippen molar-refractivity contribution in [2.24, 2.45) is 5.92 Å². The van der Waals surface area contributed by atoms with Crippen LogP contribution in [0.1, 0.15) is 12.8 Å². The maximum atomic E-state index is 10.9. The van der Waals surface area contributed by atoms with Gasteiger partial charge in [-0.05, 0) is 18.8 Å². The third kappa shape index (κ3) is 1.95. The van der Waals surface area contributed by atoms with E-state index in [1.54, 1.807) is 0 Å². The summed E-state index contributed by atoms with van der Waals surface area (Å²) < 4.78 is 21.8. The van der Waals surface area contributed by atoms with Gasteiger partial charge >= 0.3 is 0 Å². The first-order valence-electron chi connectivity index (χ1n) is 3.45. The van der Waals surface area contributed by atoms with Crippen molar-refractivity contribution in [3.05, 3.63) is 0 Å². The zero-order chi connectivity index (χ0) is 7.61. The minimum absolute atomic E-state index is 0.00116. The highest BCUT2D eigenvalue weighted by Gasteiger charge is 2.23. The summed E-state index contributed by atoms with van der Waals surface area (Å²) >= 11 is 0. The lowest BCUT2D eigenvalue weighted by Gasteiger charge is -2.18. The fourth-order valence-corrected chi connectivity index (χ4v) is 3.03. The molecule has 0 aromatic carbocycles. The van der Waals surface area contributed by atoms with E-state index in [0.717, 1.165) is 6.42 Å². The molecule has 0 aromatic heterocycles. The van der Waals surface area contributed by atoms with Gasteiger partial charge in [-0.1, -0.05) is 0 Å². The molecule has 0 spiro atoms. The van der Waals surface area contributed by atoms with Crippen molar-refractivity contribution in [2.45, 2.75) is 12.8 Å². The van der Waals surface area contributed by atoms with E-state index in [4.69, 9.17) is 5.11 Å². The summed E-state index contributed by atoms with van der Waals surface area (Å²) in [6, 6.07) is 0. The summed E-state index contributed by atoms with van der Waals surface area (Å²) in [5.74, 6) is 0.492. The van der Waals surface area contributed by atoms with Crippen LogP contribution in [0, 0.1) is 5.92 Å². The molecule has 4 heteroatoms. The Kier molecular flexibility index (Phi) is 2.31. The van der Waals surface area contributed by atoms with Gasteiger partial charge in [-0.15, -0.1) is 0 Å². The second kappa shape index (κ2) is 2.88. The first-order valence-corrected chi connectivity index (χ1v) is 5.27. The van der Waals surface area contributed by atoms with Crippen molar-refractivity contribution >= 4 is 9.84 Å². The second-order valence-electron chi connectivity index (χ2n) is 2.81. The van der Waals surface area contributed by atoms with Crippen molar-refractivity contribution in [3.8, 4) is 0 Å². The second-order valence-corrected chi connectivity index (χ2v) is 5.03. The Bertz CT molecular complexity index is 195. The van der Waals surface area contributed by atoms with Crippen molar-refractivity contribution < 1.29 is 13.5 Å². The molecule has 1 saturated heterocycles. The van der Waals surface area contributed by atoms with Gasteiger partial charge in [0, 0.05) is 6.61 Å². The molecule has 10 heavy (non-hydrogen) atoms. The zero-order valence-corrected chi connectivity index (χ0v) is 6.60. The van der Waals surface area contributed by atoms with Crippen LogP contribution < -0.4 is 0 Å². The fourth-order valence-electron chi connectivity index (χ4n) is 1.26. The van der Waals surface area contributed by atoms with Gasteiger partial charge in [0.1, 0.15) is 0 Å². The lowest BCUT2D eigenvalue weighted by atomic mass is 10.1. The van der Waals surface area contributed by atoms with E-state index < -0.39 is 9.84 Å². The van der Waals surface area contributed by atoms with Crippen molar-refractivity contribution in [3.63, 3.8) is 0 Å². The number of sulfone groups is 1. The molecule has 0 aliphatic carbocycles. The van der Waals surface area contributed by atoms with E-state index in [1.807, 2.05) is 0 Å². The molecule has 1 atom stereocenters. The lowest BCUT2D eigenvalue weighted by Crippen LogP contribution is -2.27. The van der Waals surface area contributed by atoms with Crippen molar-refractivity contribution in [1.29, 1.82) is 0 Å². The molecule has 0 amide bonds. The average molecular weight is 164 g/mol. The Balaban J connectivity index is 2.56. The summed E-state index contributed by atoms with van der Waals surface area (Å²) in [4.78, 5) is 0. The molecule has 1 N–H and O–H groups in total. The van der Waals surface area contributed by atoms with Gasteiger partial charge in [-0.3, -0.25) is 0 Å². The molecule has 1 fully saturated rings.